The summed E-state index contributed by atoms with van der Waals surface area (Å²) in [6.45, 7) is 1.44. The first kappa shape index (κ1) is 20.8. The number of amides is 1. The van der Waals surface area contributed by atoms with Crippen molar-refractivity contribution in [3.8, 4) is 11.3 Å². The van der Waals surface area contributed by atoms with E-state index in [0.717, 1.165) is 42.0 Å². The molecule has 5 rings (SSSR count). The van der Waals surface area contributed by atoms with Crippen molar-refractivity contribution in [2.45, 2.75) is 50.3 Å². The Bertz CT molecular complexity index is 1050. The van der Waals surface area contributed by atoms with Crippen LogP contribution in [-0.2, 0) is 11.3 Å². The SMILES string of the molecule is BN1CCC[C@H]1c1nc(-c2ccc(C3CC(NC(=O)OCc4ccccc4)C3)cc2)c[nH]1. The number of nitrogens with zero attached hydrogens (tertiary/aromatic N) is 2. The summed E-state index contributed by atoms with van der Waals surface area (Å²) < 4.78 is 5.32. The lowest BCUT2D eigenvalue weighted by atomic mass is 9.76. The Morgan fingerprint density at radius 3 is 2.66 bits per heavy atom. The number of benzene rings is 2. The van der Waals surface area contributed by atoms with Crippen molar-refractivity contribution in [3.05, 3.63) is 77.7 Å². The van der Waals surface area contributed by atoms with Gasteiger partial charge in [-0.3, -0.25) is 0 Å². The van der Waals surface area contributed by atoms with Gasteiger partial charge in [-0.2, -0.15) is 0 Å². The van der Waals surface area contributed by atoms with Gasteiger partial charge in [-0.15, -0.1) is 0 Å². The number of aromatic amines is 1. The van der Waals surface area contributed by atoms with Crippen molar-refractivity contribution in [1.82, 2.24) is 20.1 Å². The van der Waals surface area contributed by atoms with Crippen LogP contribution < -0.4 is 5.32 Å². The molecule has 0 unspecified atom stereocenters. The maximum absolute atomic E-state index is 12.0. The highest BCUT2D eigenvalue weighted by Gasteiger charge is 2.32. The van der Waals surface area contributed by atoms with Crippen molar-refractivity contribution in [2.75, 3.05) is 6.54 Å². The third kappa shape index (κ3) is 4.58. The normalized spacial score (nSPS) is 22.9. The molecule has 0 bridgehead atoms. The minimum atomic E-state index is -0.338. The first-order valence-corrected chi connectivity index (χ1v) is 11.5. The number of H-pyrrole nitrogens is 1. The van der Waals surface area contributed by atoms with Gasteiger partial charge < -0.3 is 19.8 Å². The van der Waals surface area contributed by atoms with Gasteiger partial charge in [0.15, 0.2) is 7.98 Å². The zero-order valence-corrected chi connectivity index (χ0v) is 18.5. The zero-order chi connectivity index (χ0) is 21.9. The van der Waals surface area contributed by atoms with Crippen molar-refractivity contribution < 1.29 is 9.53 Å². The molecule has 6 nitrogen and oxygen atoms in total. The summed E-state index contributed by atoms with van der Waals surface area (Å²) in [5.74, 6) is 1.54. The minimum Gasteiger partial charge on any atom is -0.445 e. The predicted octanol–water partition coefficient (Wildman–Crippen LogP) is 3.93. The van der Waals surface area contributed by atoms with Crippen molar-refractivity contribution in [3.63, 3.8) is 0 Å². The monoisotopic (exact) mass is 428 g/mol. The fourth-order valence-electron chi connectivity index (χ4n) is 4.78. The third-order valence-electron chi connectivity index (χ3n) is 6.78. The third-order valence-corrected chi connectivity index (χ3v) is 6.78. The number of nitrogens with one attached hydrogen (secondary N) is 2. The fourth-order valence-corrected chi connectivity index (χ4v) is 4.78. The van der Waals surface area contributed by atoms with Gasteiger partial charge in [-0.25, -0.2) is 9.78 Å². The number of hydrogen-bond acceptors (Lipinski definition) is 4. The number of alkyl carbamates (subject to hydrolysis) is 1. The van der Waals surface area contributed by atoms with Gasteiger partial charge in [-0.1, -0.05) is 54.6 Å². The second kappa shape index (κ2) is 9.21. The van der Waals surface area contributed by atoms with E-state index in [1.54, 1.807) is 0 Å². The van der Waals surface area contributed by atoms with Gasteiger partial charge in [0.05, 0.1) is 11.7 Å². The standard InChI is InChI=1S/C25H29BN4O2/c26-30-12-4-7-23(30)24-27-15-22(29-24)19-10-8-18(9-11-19)20-13-21(14-20)28-25(31)32-16-17-5-2-1-3-6-17/h1-3,5-6,8-11,15,20-21,23H,4,7,12-14,16,26H2,(H,27,29)(H,28,31)/t20?,21?,23-/m0/s1. The molecule has 2 aliphatic rings. The molecule has 1 saturated carbocycles. The molecule has 3 aromatic rings. The molecule has 1 saturated heterocycles. The molecule has 1 aliphatic carbocycles. The first-order valence-electron chi connectivity index (χ1n) is 11.5. The summed E-state index contributed by atoms with van der Waals surface area (Å²) in [6, 6.07) is 19.0. The van der Waals surface area contributed by atoms with E-state index in [-0.39, 0.29) is 12.1 Å². The number of carbonyl (C=O) groups is 1. The van der Waals surface area contributed by atoms with Gasteiger partial charge in [0.2, 0.25) is 0 Å². The van der Waals surface area contributed by atoms with E-state index in [0.29, 0.717) is 18.6 Å². The Balaban J connectivity index is 1.10. The number of hydrogen-bond donors (Lipinski definition) is 2. The zero-order valence-electron chi connectivity index (χ0n) is 18.5. The van der Waals surface area contributed by atoms with Crippen LogP contribution in [0.5, 0.6) is 0 Å². The molecule has 2 heterocycles. The van der Waals surface area contributed by atoms with Crippen molar-refractivity contribution in [1.29, 1.82) is 0 Å². The van der Waals surface area contributed by atoms with Gasteiger partial charge >= 0.3 is 6.09 Å². The Kier molecular flexibility index (Phi) is 5.99. The molecule has 7 heteroatoms. The van der Waals surface area contributed by atoms with E-state index < -0.39 is 0 Å². The van der Waals surface area contributed by atoms with Crippen LogP contribution in [0, 0.1) is 0 Å². The highest BCUT2D eigenvalue weighted by atomic mass is 16.5. The van der Waals surface area contributed by atoms with Crippen LogP contribution in [0.25, 0.3) is 11.3 Å². The molecule has 1 aromatic heterocycles. The maximum Gasteiger partial charge on any atom is 0.407 e. The molecule has 164 valence electrons. The molecule has 2 fully saturated rings. The van der Waals surface area contributed by atoms with E-state index in [1.165, 1.54) is 18.4 Å². The van der Waals surface area contributed by atoms with Crippen LogP contribution in [-0.4, -0.2) is 41.4 Å². The Morgan fingerprint density at radius 1 is 1.16 bits per heavy atom. The molecule has 1 amide bonds. The number of aromatic nitrogens is 2. The van der Waals surface area contributed by atoms with Crippen LogP contribution in [0.2, 0.25) is 0 Å². The van der Waals surface area contributed by atoms with E-state index in [1.807, 2.05) is 36.5 Å². The van der Waals surface area contributed by atoms with Gasteiger partial charge in [0.25, 0.3) is 0 Å². The lowest BCUT2D eigenvalue weighted by Crippen LogP contribution is -2.43. The van der Waals surface area contributed by atoms with Crippen LogP contribution in [0.3, 0.4) is 0 Å². The second-order valence-corrected chi connectivity index (χ2v) is 9.00. The topological polar surface area (TPSA) is 70.2 Å². The number of imidazole rings is 1. The molecular formula is C25H29BN4O2. The summed E-state index contributed by atoms with van der Waals surface area (Å²) in [4.78, 5) is 22.6. The number of ether oxygens (including phenoxy) is 1. The first-order chi connectivity index (χ1) is 15.7. The van der Waals surface area contributed by atoms with Crippen molar-refractivity contribution in [2.24, 2.45) is 0 Å². The largest absolute Gasteiger partial charge is 0.445 e. The average molecular weight is 428 g/mol. The minimum absolute atomic E-state index is 0.181. The highest BCUT2D eigenvalue weighted by Crippen LogP contribution is 2.37. The molecule has 0 spiro atoms. The van der Waals surface area contributed by atoms with Gasteiger partial charge in [0, 0.05) is 17.8 Å². The molecule has 32 heavy (non-hydrogen) atoms. The molecule has 2 aromatic carbocycles. The molecule has 2 N–H and O–H groups in total. The van der Waals surface area contributed by atoms with Crippen LogP contribution in [0.1, 0.15) is 54.6 Å². The summed E-state index contributed by atoms with van der Waals surface area (Å²) in [7, 11) is 2.17. The molecule has 0 radical (unpaired) electrons. The quantitative estimate of drug-likeness (QED) is 0.584. The lowest BCUT2D eigenvalue weighted by molar-refractivity contribution is 0.127. The van der Waals surface area contributed by atoms with Gasteiger partial charge in [0.1, 0.15) is 12.4 Å². The van der Waals surface area contributed by atoms with Crippen LogP contribution >= 0.6 is 0 Å². The Labute approximate surface area is 189 Å². The van der Waals surface area contributed by atoms with Crippen LogP contribution in [0.15, 0.2) is 60.8 Å². The molecule has 1 aliphatic heterocycles. The maximum atomic E-state index is 12.0. The van der Waals surface area contributed by atoms with E-state index in [4.69, 9.17) is 9.72 Å². The predicted molar refractivity (Wildman–Crippen MR) is 127 cm³/mol. The molecule has 1 atom stereocenters. The lowest BCUT2D eigenvalue weighted by Gasteiger charge is -2.35. The van der Waals surface area contributed by atoms with Crippen molar-refractivity contribution >= 4 is 14.1 Å². The molecular weight excluding hydrogens is 399 g/mol. The van der Waals surface area contributed by atoms with E-state index in [2.05, 4.69) is 47.4 Å². The smallest absolute Gasteiger partial charge is 0.407 e. The van der Waals surface area contributed by atoms with E-state index in [9.17, 15) is 4.79 Å². The average Bonchev–Trinajstić information content (AvgIpc) is 3.44. The second-order valence-electron chi connectivity index (χ2n) is 9.00. The number of rotatable bonds is 6. The summed E-state index contributed by atoms with van der Waals surface area (Å²) in [5, 5.41) is 2.98. The van der Waals surface area contributed by atoms with Gasteiger partial charge in [-0.05, 0) is 49.3 Å². The summed E-state index contributed by atoms with van der Waals surface area (Å²) in [5.41, 5.74) is 4.45. The van der Waals surface area contributed by atoms with Crippen LogP contribution in [0.4, 0.5) is 4.79 Å². The number of carbonyl (C=O) groups excluding carboxylic acids is 1. The highest BCUT2D eigenvalue weighted by molar-refractivity contribution is 6.04. The summed E-state index contributed by atoms with van der Waals surface area (Å²) >= 11 is 0. The Hall–Kier alpha value is -3.06. The Morgan fingerprint density at radius 2 is 1.94 bits per heavy atom. The van der Waals surface area contributed by atoms with E-state index >= 15 is 0 Å². The fraction of sp³-hybridized carbons (Fsp3) is 0.360. The summed E-state index contributed by atoms with van der Waals surface area (Å²) in [6.07, 6.45) is 5.96.